The van der Waals surface area contributed by atoms with E-state index in [1.54, 1.807) is 11.8 Å². The highest BCUT2D eigenvalue weighted by Crippen LogP contribution is 2.23. The zero-order valence-electron chi connectivity index (χ0n) is 13.8. The Morgan fingerprint density at radius 3 is 2.54 bits per heavy atom. The molecule has 0 saturated carbocycles. The van der Waals surface area contributed by atoms with E-state index in [0.717, 1.165) is 31.0 Å². The Labute approximate surface area is 154 Å². The van der Waals surface area contributed by atoms with Gasteiger partial charge in [0.25, 0.3) is 5.91 Å². The van der Waals surface area contributed by atoms with Crippen LogP contribution in [0.1, 0.15) is 22.8 Å². The number of rotatable bonds is 4. The Kier molecular flexibility index (Phi) is 7.16. The Morgan fingerprint density at radius 2 is 1.88 bits per heavy atom. The van der Waals surface area contributed by atoms with Crippen LogP contribution in [-0.4, -0.2) is 36.5 Å². The van der Waals surface area contributed by atoms with Crippen LogP contribution in [0.4, 0.5) is 0 Å². The van der Waals surface area contributed by atoms with Gasteiger partial charge in [0.2, 0.25) is 0 Å². The first-order chi connectivity index (χ1) is 11.2. The van der Waals surface area contributed by atoms with Crippen LogP contribution in [0.5, 0.6) is 0 Å². The van der Waals surface area contributed by atoms with Crippen molar-refractivity contribution in [3.8, 4) is 0 Å². The normalized spacial score (nSPS) is 17.2. The summed E-state index contributed by atoms with van der Waals surface area (Å²) in [5, 5.41) is 3.36. The van der Waals surface area contributed by atoms with E-state index in [0.29, 0.717) is 6.04 Å². The van der Waals surface area contributed by atoms with Crippen LogP contribution >= 0.6 is 24.2 Å². The molecule has 1 heterocycles. The number of piperazine rings is 1. The molecule has 1 N–H and O–H groups in total. The summed E-state index contributed by atoms with van der Waals surface area (Å²) in [6.45, 7) is 4.55. The van der Waals surface area contributed by atoms with Gasteiger partial charge in [-0.1, -0.05) is 30.3 Å². The van der Waals surface area contributed by atoms with Crippen molar-refractivity contribution in [2.75, 3.05) is 19.6 Å². The molecule has 0 bridgehead atoms. The molecule has 1 atom stereocenters. The Balaban J connectivity index is 0.00000208. The van der Waals surface area contributed by atoms with Crippen LogP contribution in [0.25, 0.3) is 0 Å². The standard InChI is InChI=1S/C19H22N2OS.ClH/c1-15-13-21(12-11-20-15)19(22)17-7-9-18(10-8-17)23-14-16-5-3-2-4-6-16;/h2-10,15,20H,11-14H2,1H3;1H. The number of hydrogen-bond acceptors (Lipinski definition) is 3. The van der Waals surface area contributed by atoms with Gasteiger partial charge >= 0.3 is 0 Å². The minimum absolute atomic E-state index is 0. The topological polar surface area (TPSA) is 32.3 Å². The second kappa shape index (κ2) is 9.11. The average Bonchev–Trinajstić information content (AvgIpc) is 2.61. The van der Waals surface area contributed by atoms with E-state index < -0.39 is 0 Å². The molecule has 2 aromatic carbocycles. The van der Waals surface area contributed by atoms with E-state index in [1.807, 2.05) is 35.2 Å². The third kappa shape index (κ3) is 5.00. The minimum atomic E-state index is 0. The van der Waals surface area contributed by atoms with Crippen LogP contribution in [-0.2, 0) is 5.75 Å². The molecule has 0 aliphatic carbocycles. The SMILES string of the molecule is CC1CN(C(=O)c2ccc(SCc3ccccc3)cc2)CCN1.Cl. The minimum Gasteiger partial charge on any atom is -0.336 e. The summed E-state index contributed by atoms with van der Waals surface area (Å²) in [6, 6.07) is 18.8. The molecule has 1 aliphatic heterocycles. The van der Waals surface area contributed by atoms with Crippen LogP contribution in [0, 0.1) is 0 Å². The number of halogens is 1. The van der Waals surface area contributed by atoms with Crippen LogP contribution in [0.3, 0.4) is 0 Å². The van der Waals surface area contributed by atoms with E-state index in [4.69, 9.17) is 0 Å². The zero-order valence-corrected chi connectivity index (χ0v) is 15.4. The second-order valence-corrected chi connectivity index (χ2v) is 6.95. The fraction of sp³-hybridized carbons (Fsp3) is 0.316. The van der Waals surface area contributed by atoms with E-state index in [9.17, 15) is 4.79 Å². The van der Waals surface area contributed by atoms with Gasteiger partial charge in [-0.25, -0.2) is 0 Å². The first-order valence-electron chi connectivity index (χ1n) is 8.02. The summed E-state index contributed by atoms with van der Waals surface area (Å²) in [7, 11) is 0. The molecule has 0 spiro atoms. The summed E-state index contributed by atoms with van der Waals surface area (Å²) in [6.07, 6.45) is 0. The largest absolute Gasteiger partial charge is 0.336 e. The summed E-state index contributed by atoms with van der Waals surface area (Å²) >= 11 is 1.80. The van der Waals surface area contributed by atoms with Crippen molar-refractivity contribution in [1.82, 2.24) is 10.2 Å². The van der Waals surface area contributed by atoms with Gasteiger partial charge in [0, 0.05) is 41.9 Å². The molecule has 1 unspecified atom stereocenters. The lowest BCUT2D eigenvalue weighted by molar-refractivity contribution is 0.0709. The summed E-state index contributed by atoms with van der Waals surface area (Å²) in [5.41, 5.74) is 2.09. The van der Waals surface area contributed by atoms with E-state index in [1.165, 1.54) is 10.5 Å². The number of thioether (sulfide) groups is 1. The van der Waals surface area contributed by atoms with Gasteiger partial charge in [0.05, 0.1) is 0 Å². The predicted octanol–water partition coefficient (Wildman–Crippen LogP) is 3.83. The van der Waals surface area contributed by atoms with Gasteiger partial charge in [0.15, 0.2) is 0 Å². The molecular weight excluding hydrogens is 340 g/mol. The summed E-state index contributed by atoms with van der Waals surface area (Å²) in [4.78, 5) is 15.7. The summed E-state index contributed by atoms with van der Waals surface area (Å²) in [5.74, 6) is 1.08. The maximum Gasteiger partial charge on any atom is 0.253 e. The van der Waals surface area contributed by atoms with E-state index in [-0.39, 0.29) is 18.3 Å². The van der Waals surface area contributed by atoms with Crippen LogP contribution in [0.15, 0.2) is 59.5 Å². The van der Waals surface area contributed by atoms with Gasteiger partial charge < -0.3 is 10.2 Å². The third-order valence-corrected chi connectivity index (χ3v) is 5.09. The number of carbonyl (C=O) groups excluding carboxylic acids is 1. The monoisotopic (exact) mass is 362 g/mol. The van der Waals surface area contributed by atoms with Crippen molar-refractivity contribution in [3.63, 3.8) is 0 Å². The highest BCUT2D eigenvalue weighted by Gasteiger charge is 2.21. The van der Waals surface area contributed by atoms with Crippen molar-refractivity contribution < 1.29 is 4.79 Å². The summed E-state index contributed by atoms with van der Waals surface area (Å²) < 4.78 is 0. The Hall–Kier alpha value is -1.49. The number of hydrogen-bond donors (Lipinski definition) is 1. The maximum absolute atomic E-state index is 12.5. The Morgan fingerprint density at radius 1 is 1.17 bits per heavy atom. The molecule has 5 heteroatoms. The van der Waals surface area contributed by atoms with Crippen molar-refractivity contribution in [3.05, 3.63) is 65.7 Å². The third-order valence-electron chi connectivity index (χ3n) is 4.01. The lowest BCUT2D eigenvalue weighted by Gasteiger charge is -2.32. The predicted molar refractivity (Wildman–Crippen MR) is 103 cm³/mol. The molecule has 2 aromatic rings. The quantitative estimate of drug-likeness (QED) is 0.839. The first kappa shape index (κ1) is 18.8. The highest BCUT2D eigenvalue weighted by molar-refractivity contribution is 7.98. The molecule has 1 fully saturated rings. The maximum atomic E-state index is 12.5. The second-order valence-electron chi connectivity index (χ2n) is 5.90. The van der Waals surface area contributed by atoms with Crippen molar-refractivity contribution in [2.24, 2.45) is 0 Å². The number of amides is 1. The lowest BCUT2D eigenvalue weighted by Crippen LogP contribution is -2.51. The average molecular weight is 363 g/mol. The van der Waals surface area contributed by atoms with Gasteiger partial charge in [-0.15, -0.1) is 24.2 Å². The number of carbonyl (C=O) groups is 1. The molecule has 0 aromatic heterocycles. The smallest absolute Gasteiger partial charge is 0.253 e. The van der Waals surface area contributed by atoms with Gasteiger partial charge in [-0.3, -0.25) is 4.79 Å². The molecule has 3 nitrogen and oxygen atoms in total. The van der Waals surface area contributed by atoms with Crippen molar-refractivity contribution in [2.45, 2.75) is 23.6 Å². The van der Waals surface area contributed by atoms with Gasteiger partial charge in [-0.05, 0) is 36.8 Å². The molecule has 3 rings (SSSR count). The van der Waals surface area contributed by atoms with Gasteiger partial charge in [0.1, 0.15) is 0 Å². The van der Waals surface area contributed by atoms with Crippen molar-refractivity contribution in [1.29, 1.82) is 0 Å². The number of nitrogens with zero attached hydrogens (tertiary/aromatic N) is 1. The van der Waals surface area contributed by atoms with Crippen LogP contribution < -0.4 is 5.32 Å². The van der Waals surface area contributed by atoms with Crippen molar-refractivity contribution >= 4 is 30.1 Å². The molecule has 1 saturated heterocycles. The van der Waals surface area contributed by atoms with Crippen LogP contribution in [0.2, 0.25) is 0 Å². The number of benzene rings is 2. The lowest BCUT2D eigenvalue weighted by atomic mass is 10.1. The Bertz CT molecular complexity index is 648. The number of nitrogens with one attached hydrogen (secondary N) is 1. The first-order valence-corrected chi connectivity index (χ1v) is 9.00. The fourth-order valence-corrected chi connectivity index (χ4v) is 3.59. The molecule has 1 amide bonds. The fourth-order valence-electron chi connectivity index (χ4n) is 2.73. The van der Waals surface area contributed by atoms with E-state index >= 15 is 0 Å². The molecule has 128 valence electrons. The van der Waals surface area contributed by atoms with Gasteiger partial charge in [-0.2, -0.15) is 0 Å². The highest BCUT2D eigenvalue weighted by atomic mass is 35.5. The molecule has 24 heavy (non-hydrogen) atoms. The zero-order chi connectivity index (χ0) is 16.1. The molecule has 0 radical (unpaired) electrons. The molecular formula is C19H23ClN2OS. The van der Waals surface area contributed by atoms with E-state index in [2.05, 4.69) is 36.5 Å². The molecule has 1 aliphatic rings.